The summed E-state index contributed by atoms with van der Waals surface area (Å²) in [7, 11) is 0. The molecular formula is C13H16N4O. The number of ether oxygens (including phenoxy) is 1. The molecule has 1 saturated heterocycles. The largest absolute Gasteiger partial charge is 0.372 e. The second-order valence-electron chi connectivity index (χ2n) is 4.72. The van der Waals surface area contributed by atoms with Crippen molar-refractivity contribution in [2.45, 2.75) is 26.1 Å². The lowest BCUT2D eigenvalue weighted by atomic mass is 10.2. The molecule has 0 spiro atoms. The van der Waals surface area contributed by atoms with Crippen LogP contribution in [0.1, 0.15) is 13.8 Å². The molecule has 2 atom stereocenters. The first-order valence-corrected chi connectivity index (χ1v) is 6.20. The molecule has 5 heteroatoms. The van der Waals surface area contributed by atoms with E-state index in [1.54, 1.807) is 18.6 Å². The summed E-state index contributed by atoms with van der Waals surface area (Å²) in [5.41, 5.74) is 2.65. The predicted molar refractivity (Wildman–Crippen MR) is 69.6 cm³/mol. The van der Waals surface area contributed by atoms with Gasteiger partial charge in [0.1, 0.15) is 5.52 Å². The summed E-state index contributed by atoms with van der Waals surface area (Å²) < 4.78 is 5.76. The molecule has 0 N–H and O–H groups in total. The third-order valence-corrected chi connectivity index (χ3v) is 3.11. The van der Waals surface area contributed by atoms with Crippen LogP contribution >= 0.6 is 0 Å². The third-order valence-electron chi connectivity index (χ3n) is 3.11. The zero-order valence-electron chi connectivity index (χ0n) is 10.6. The van der Waals surface area contributed by atoms with Gasteiger partial charge in [0.2, 0.25) is 0 Å². The van der Waals surface area contributed by atoms with E-state index in [4.69, 9.17) is 4.74 Å². The first-order chi connectivity index (χ1) is 8.74. The van der Waals surface area contributed by atoms with Crippen molar-refractivity contribution in [3.05, 3.63) is 24.7 Å². The smallest absolute Gasteiger partial charge is 0.180 e. The monoisotopic (exact) mass is 244 g/mol. The van der Waals surface area contributed by atoms with E-state index in [1.165, 1.54) is 0 Å². The molecule has 94 valence electrons. The van der Waals surface area contributed by atoms with Crippen LogP contribution in [0.25, 0.3) is 11.2 Å². The number of anilines is 1. The summed E-state index contributed by atoms with van der Waals surface area (Å²) in [5.74, 6) is 0. The lowest BCUT2D eigenvalue weighted by Crippen LogP contribution is -2.45. The Morgan fingerprint density at radius 2 is 1.72 bits per heavy atom. The predicted octanol–water partition coefficient (Wildman–Crippen LogP) is 1.64. The maximum Gasteiger partial charge on any atom is 0.180 e. The van der Waals surface area contributed by atoms with E-state index >= 15 is 0 Å². The number of nitrogens with zero attached hydrogens (tertiary/aromatic N) is 4. The first-order valence-electron chi connectivity index (χ1n) is 6.20. The number of hydrogen-bond acceptors (Lipinski definition) is 5. The minimum atomic E-state index is 0.230. The Balaban J connectivity index is 2.03. The highest BCUT2D eigenvalue weighted by Crippen LogP contribution is 2.25. The molecule has 18 heavy (non-hydrogen) atoms. The van der Waals surface area contributed by atoms with Gasteiger partial charge < -0.3 is 9.64 Å². The van der Waals surface area contributed by atoms with Crippen molar-refractivity contribution in [2.24, 2.45) is 0 Å². The lowest BCUT2D eigenvalue weighted by molar-refractivity contribution is -0.00514. The van der Waals surface area contributed by atoms with Crippen LogP contribution in [0.4, 0.5) is 5.69 Å². The second kappa shape index (κ2) is 4.49. The van der Waals surface area contributed by atoms with E-state index in [-0.39, 0.29) is 12.2 Å². The van der Waals surface area contributed by atoms with Gasteiger partial charge in [0.25, 0.3) is 0 Å². The molecule has 2 aromatic rings. The Labute approximate surface area is 106 Å². The van der Waals surface area contributed by atoms with Crippen LogP contribution in [0.2, 0.25) is 0 Å². The van der Waals surface area contributed by atoms with Crippen molar-refractivity contribution < 1.29 is 4.74 Å². The normalized spacial score (nSPS) is 24.4. The van der Waals surface area contributed by atoms with Crippen molar-refractivity contribution in [3.8, 4) is 0 Å². The van der Waals surface area contributed by atoms with Gasteiger partial charge >= 0.3 is 0 Å². The number of rotatable bonds is 1. The van der Waals surface area contributed by atoms with Crippen LogP contribution in [0.15, 0.2) is 24.7 Å². The molecule has 3 rings (SSSR count). The fraction of sp³-hybridized carbons (Fsp3) is 0.462. The quantitative estimate of drug-likeness (QED) is 0.763. The van der Waals surface area contributed by atoms with E-state index in [2.05, 4.69) is 33.7 Å². The number of morpholine rings is 1. The number of aromatic nitrogens is 3. The minimum absolute atomic E-state index is 0.230. The van der Waals surface area contributed by atoms with Crippen molar-refractivity contribution in [3.63, 3.8) is 0 Å². The third kappa shape index (κ3) is 2.01. The maximum absolute atomic E-state index is 5.76. The van der Waals surface area contributed by atoms with Crippen molar-refractivity contribution >= 4 is 16.9 Å². The van der Waals surface area contributed by atoms with Gasteiger partial charge in [-0.2, -0.15) is 0 Å². The van der Waals surface area contributed by atoms with Gasteiger partial charge in [-0.15, -0.1) is 0 Å². The molecule has 1 aliphatic rings. The van der Waals surface area contributed by atoms with Crippen LogP contribution in [0.5, 0.6) is 0 Å². The van der Waals surface area contributed by atoms with Crippen LogP contribution in [0, 0.1) is 0 Å². The number of hydrogen-bond donors (Lipinski definition) is 0. The molecule has 5 nitrogen and oxygen atoms in total. The van der Waals surface area contributed by atoms with E-state index < -0.39 is 0 Å². The maximum atomic E-state index is 5.76. The topological polar surface area (TPSA) is 51.1 Å². The van der Waals surface area contributed by atoms with Gasteiger partial charge in [-0.25, -0.2) is 15.0 Å². The summed E-state index contributed by atoms with van der Waals surface area (Å²) in [6, 6.07) is 2.00. The van der Waals surface area contributed by atoms with Crippen LogP contribution in [-0.2, 0) is 4.74 Å². The highest BCUT2D eigenvalue weighted by Gasteiger charge is 2.24. The van der Waals surface area contributed by atoms with Crippen molar-refractivity contribution in [1.82, 2.24) is 15.0 Å². The minimum Gasteiger partial charge on any atom is -0.372 e. The molecular weight excluding hydrogens is 228 g/mol. The average molecular weight is 244 g/mol. The van der Waals surface area contributed by atoms with Crippen molar-refractivity contribution in [1.29, 1.82) is 0 Å². The Morgan fingerprint density at radius 1 is 1.06 bits per heavy atom. The van der Waals surface area contributed by atoms with Gasteiger partial charge in [0.15, 0.2) is 5.65 Å². The Bertz CT molecular complexity index is 544. The molecule has 0 saturated carbocycles. The molecule has 0 amide bonds. The van der Waals surface area contributed by atoms with Crippen molar-refractivity contribution in [2.75, 3.05) is 18.0 Å². The highest BCUT2D eigenvalue weighted by atomic mass is 16.5. The van der Waals surface area contributed by atoms with E-state index in [1.807, 2.05) is 6.07 Å². The molecule has 0 aliphatic carbocycles. The number of fused-ring (bicyclic) bond motifs is 1. The number of pyridine rings is 1. The van der Waals surface area contributed by atoms with E-state index in [9.17, 15) is 0 Å². The van der Waals surface area contributed by atoms with E-state index in [0.717, 1.165) is 24.3 Å². The first kappa shape index (κ1) is 11.3. The second-order valence-corrected chi connectivity index (χ2v) is 4.72. The summed E-state index contributed by atoms with van der Waals surface area (Å²) in [6.45, 7) is 5.94. The molecule has 3 heterocycles. The van der Waals surface area contributed by atoms with Gasteiger partial charge in [-0.1, -0.05) is 0 Å². The summed E-state index contributed by atoms with van der Waals surface area (Å²) in [6.07, 6.45) is 5.63. The van der Waals surface area contributed by atoms with Crippen LogP contribution in [-0.4, -0.2) is 40.2 Å². The SMILES string of the molecule is C[C@@H]1CN(c2ccnc3nccnc23)C[C@H](C)O1. The Kier molecular flexibility index (Phi) is 2.83. The average Bonchev–Trinajstić information content (AvgIpc) is 2.37. The molecule has 0 bridgehead atoms. The zero-order valence-corrected chi connectivity index (χ0v) is 10.6. The molecule has 1 fully saturated rings. The lowest BCUT2D eigenvalue weighted by Gasteiger charge is -2.36. The Morgan fingerprint density at radius 3 is 2.50 bits per heavy atom. The standard InChI is InChI=1S/C13H16N4O/c1-9-7-17(8-10(2)18-9)11-3-4-15-13-12(11)14-5-6-16-13/h3-6,9-10H,7-8H2,1-2H3/t9-,10+. The molecule has 0 aromatic carbocycles. The summed E-state index contributed by atoms with van der Waals surface area (Å²) in [4.78, 5) is 15.2. The highest BCUT2D eigenvalue weighted by molar-refractivity contribution is 5.85. The van der Waals surface area contributed by atoms with Gasteiger partial charge in [0.05, 0.1) is 17.9 Å². The fourth-order valence-corrected chi connectivity index (χ4v) is 2.49. The molecule has 2 aromatic heterocycles. The summed E-state index contributed by atoms with van der Waals surface area (Å²) in [5, 5.41) is 0. The molecule has 0 unspecified atom stereocenters. The summed E-state index contributed by atoms with van der Waals surface area (Å²) >= 11 is 0. The molecule has 0 radical (unpaired) electrons. The van der Waals surface area contributed by atoms with E-state index in [0.29, 0.717) is 5.65 Å². The van der Waals surface area contributed by atoms with Crippen LogP contribution in [0.3, 0.4) is 0 Å². The van der Waals surface area contributed by atoms with Gasteiger partial charge in [-0.3, -0.25) is 0 Å². The van der Waals surface area contributed by atoms with Gasteiger partial charge in [-0.05, 0) is 19.9 Å². The fourth-order valence-electron chi connectivity index (χ4n) is 2.49. The Hall–Kier alpha value is -1.75. The van der Waals surface area contributed by atoms with Crippen LogP contribution < -0.4 is 4.90 Å². The molecule has 1 aliphatic heterocycles. The zero-order chi connectivity index (χ0) is 12.5. The van der Waals surface area contributed by atoms with Gasteiger partial charge in [0, 0.05) is 31.7 Å².